The van der Waals surface area contributed by atoms with Gasteiger partial charge in [0.05, 0.1) is 18.0 Å². The smallest absolute Gasteiger partial charge is 0.244 e. The molecule has 184 valence electrons. The first-order chi connectivity index (χ1) is 16.3. The number of benzene rings is 2. The minimum atomic E-state index is -3.48. The summed E-state index contributed by atoms with van der Waals surface area (Å²) in [6, 6.07) is 14.4. The summed E-state index contributed by atoms with van der Waals surface area (Å²) in [6.45, 7) is 1.57. The van der Waals surface area contributed by atoms with Crippen LogP contribution in [0.25, 0.3) is 6.08 Å². The Morgan fingerprint density at radius 3 is 2.32 bits per heavy atom. The molecule has 0 spiro atoms. The molecule has 1 heterocycles. The van der Waals surface area contributed by atoms with Crippen molar-refractivity contribution in [1.82, 2.24) is 14.5 Å². The number of carbonyl (C=O) groups excluding carboxylic acids is 1. The Morgan fingerprint density at radius 1 is 1.06 bits per heavy atom. The molecule has 2 aromatic carbocycles. The van der Waals surface area contributed by atoms with Gasteiger partial charge in [-0.15, -0.1) is 0 Å². The number of nitrogens with zero attached hydrogens (tertiary/aromatic N) is 2. The highest BCUT2D eigenvalue weighted by Gasteiger charge is 2.24. The number of likely N-dealkylation sites (N-methyl/N-ethyl adjacent to an activating group) is 1. The number of carbonyl (C=O) groups is 1. The van der Waals surface area contributed by atoms with Crippen molar-refractivity contribution in [2.24, 2.45) is 0 Å². The van der Waals surface area contributed by atoms with Crippen LogP contribution in [0.4, 0.5) is 0 Å². The molecular formula is C26H35N3O4S. The average Bonchev–Trinajstić information content (AvgIpc) is 3.13. The van der Waals surface area contributed by atoms with Crippen LogP contribution >= 0.6 is 0 Å². The van der Waals surface area contributed by atoms with Crippen molar-refractivity contribution in [3.8, 4) is 5.75 Å². The van der Waals surface area contributed by atoms with Crippen molar-refractivity contribution in [1.29, 1.82) is 0 Å². The second-order valence-electron chi connectivity index (χ2n) is 8.69. The van der Waals surface area contributed by atoms with Gasteiger partial charge in [-0.3, -0.25) is 4.79 Å². The normalized spacial score (nSPS) is 16.4. The maximum absolute atomic E-state index is 12.9. The van der Waals surface area contributed by atoms with E-state index in [1.165, 1.54) is 6.08 Å². The molecule has 1 saturated heterocycles. The first kappa shape index (κ1) is 25.9. The molecule has 1 atom stereocenters. The number of hydrogen-bond acceptors (Lipinski definition) is 5. The number of amides is 1. The number of ether oxygens (including phenoxy) is 1. The maximum atomic E-state index is 12.9. The van der Waals surface area contributed by atoms with Crippen molar-refractivity contribution < 1.29 is 17.9 Å². The third kappa shape index (κ3) is 6.68. The first-order valence-electron chi connectivity index (χ1n) is 11.7. The molecule has 1 amide bonds. The highest BCUT2D eigenvalue weighted by molar-refractivity contribution is 7.89. The Hall–Kier alpha value is -2.68. The summed E-state index contributed by atoms with van der Waals surface area (Å²) in [6.07, 6.45) is 7.11. The number of methoxy groups -OCH3 is 1. The predicted octanol–water partition coefficient (Wildman–Crippen LogP) is 3.69. The van der Waals surface area contributed by atoms with E-state index in [0.717, 1.165) is 42.6 Å². The van der Waals surface area contributed by atoms with Crippen LogP contribution in [0, 0.1) is 0 Å². The molecule has 34 heavy (non-hydrogen) atoms. The van der Waals surface area contributed by atoms with Crippen molar-refractivity contribution in [3.05, 3.63) is 65.7 Å². The Labute approximate surface area is 203 Å². The number of sulfonamides is 1. The molecule has 1 unspecified atom stereocenters. The fourth-order valence-electron chi connectivity index (χ4n) is 4.12. The molecule has 8 heteroatoms. The van der Waals surface area contributed by atoms with Crippen molar-refractivity contribution in [3.63, 3.8) is 0 Å². The van der Waals surface area contributed by atoms with Crippen LogP contribution in [-0.4, -0.2) is 64.4 Å². The Balaban J connectivity index is 1.61. The fraction of sp³-hybridized carbons (Fsp3) is 0.423. The van der Waals surface area contributed by atoms with E-state index in [9.17, 15) is 13.2 Å². The zero-order valence-electron chi connectivity index (χ0n) is 20.2. The number of rotatable bonds is 9. The van der Waals surface area contributed by atoms with Gasteiger partial charge in [-0.25, -0.2) is 8.42 Å². The second-order valence-corrected chi connectivity index (χ2v) is 10.6. The van der Waals surface area contributed by atoms with Crippen LogP contribution in [0.2, 0.25) is 0 Å². The Kier molecular flexibility index (Phi) is 9.27. The maximum Gasteiger partial charge on any atom is 0.244 e. The summed E-state index contributed by atoms with van der Waals surface area (Å²) < 4.78 is 32.9. The van der Waals surface area contributed by atoms with Gasteiger partial charge >= 0.3 is 0 Å². The Bertz CT molecular complexity index is 1070. The summed E-state index contributed by atoms with van der Waals surface area (Å²) in [5.41, 5.74) is 1.76. The molecule has 2 aromatic rings. The van der Waals surface area contributed by atoms with E-state index in [2.05, 4.69) is 5.32 Å². The summed E-state index contributed by atoms with van der Waals surface area (Å²) in [5, 5.41) is 2.94. The van der Waals surface area contributed by atoms with Crippen molar-refractivity contribution in [2.75, 3.05) is 40.8 Å². The van der Waals surface area contributed by atoms with Gasteiger partial charge in [0.2, 0.25) is 15.9 Å². The SMILES string of the molecule is COc1ccccc1C(CNC(=O)C=Cc1ccc(S(=O)(=O)N2CCCCCC2)cc1)N(C)C. The van der Waals surface area contributed by atoms with E-state index in [1.54, 1.807) is 41.8 Å². The van der Waals surface area contributed by atoms with Crippen LogP contribution in [-0.2, 0) is 14.8 Å². The molecule has 1 fully saturated rings. The molecule has 7 nitrogen and oxygen atoms in total. The molecule has 1 aliphatic heterocycles. The largest absolute Gasteiger partial charge is 0.496 e. The number of para-hydroxylation sites is 1. The minimum Gasteiger partial charge on any atom is -0.496 e. The van der Waals surface area contributed by atoms with E-state index in [-0.39, 0.29) is 11.9 Å². The van der Waals surface area contributed by atoms with E-state index in [1.807, 2.05) is 43.3 Å². The molecule has 1 aliphatic rings. The van der Waals surface area contributed by atoms with Gasteiger partial charge in [0.1, 0.15) is 5.75 Å². The highest BCUT2D eigenvalue weighted by Crippen LogP contribution is 2.27. The summed E-state index contributed by atoms with van der Waals surface area (Å²) in [7, 11) is 2.08. The third-order valence-electron chi connectivity index (χ3n) is 6.10. The predicted molar refractivity (Wildman–Crippen MR) is 135 cm³/mol. The lowest BCUT2D eigenvalue weighted by atomic mass is 10.0. The van der Waals surface area contributed by atoms with Crippen LogP contribution < -0.4 is 10.1 Å². The molecule has 0 aromatic heterocycles. The van der Waals surface area contributed by atoms with Gasteiger partial charge in [-0.2, -0.15) is 4.31 Å². The lowest BCUT2D eigenvalue weighted by Crippen LogP contribution is -2.34. The van der Waals surface area contributed by atoms with Crippen LogP contribution in [0.5, 0.6) is 5.75 Å². The Morgan fingerprint density at radius 2 is 1.71 bits per heavy atom. The molecule has 0 aliphatic carbocycles. The zero-order chi connectivity index (χ0) is 24.6. The number of nitrogens with one attached hydrogen (secondary N) is 1. The molecule has 1 N–H and O–H groups in total. The lowest BCUT2D eigenvalue weighted by Gasteiger charge is -2.26. The third-order valence-corrected chi connectivity index (χ3v) is 8.01. The van der Waals surface area contributed by atoms with E-state index in [0.29, 0.717) is 24.5 Å². The van der Waals surface area contributed by atoms with Crippen LogP contribution in [0.15, 0.2) is 59.5 Å². The van der Waals surface area contributed by atoms with Gasteiger partial charge in [0.25, 0.3) is 0 Å². The van der Waals surface area contributed by atoms with Gasteiger partial charge in [-0.1, -0.05) is 43.2 Å². The topological polar surface area (TPSA) is 78.9 Å². The van der Waals surface area contributed by atoms with Gasteiger partial charge < -0.3 is 15.0 Å². The van der Waals surface area contributed by atoms with Crippen LogP contribution in [0.1, 0.15) is 42.9 Å². The zero-order valence-corrected chi connectivity index (χ0v) is 21.1. The van der Waals surface area contributed by atoms with Crippen LogP contribution in [0.3, 0.4) is 0 Å². The summed E-state index contributed by atoms with van der Waals surface area (Å²) in [5.74, 6) is 0.559. The molecular weight excluding hydrogens is 450 g/mol. The summed E-state index contributed by atoms with van der Waals surface area (Å²) in [4.78, 5) is 14.8. The van der Waals surface area contributed by atoms with Gasteiger partial charge in [-0.05, 0) is 56.8 Å². The first-order valence-corrected chi connectivity index (χ1v) is 13.1. The highest BCUT2D eigenvalue weighted by atomic mass is 32.2. The van der Waals surface area contributed by atoms with E-state index in [4.69, 9.17) is 4.74 Å². The fourth-order valence-corrected chi connectivity index (χ4v) is 5.64. The van der Waals surface area contributed by atoms with Gasteiger partial charge in [0, 0.05) is 31.3 Å². The minimum absolute atomic E-state index is 0.0445. The standard InChI is InChI=1S/C26H35N3O4S/c1-28(2)24(23-10-6-7-11-25(23)33-3)20-27-26(30)17-14-21-12-15-22(16-13-21)34(31,32)29-18-8-4-5-9-19-29/h6-7,10-17,24H,4-5,8-9,18-20H2,1-3H3,(H,27,30). The van der Waals surface area contributed by atoms with Gasteiger partial charge in [0.15, 0.2) is 0 Å². The van der Waals surface area contributed by atoms with E-state index < -0.39 is 10.0 Å². The molecule has 0 bridgehead atoms. The molecule has 0 radical (unpaired) electrons. The average molecular weight is 486 g/mol. The molecule has 0 saturated carbocycles. The number of hydrogen-bond donors (Lipinski definition) is 1. The summed E-state index contributed by atoms with van der Waals surface area (Å²) >= 11 is 0. The van der Waals surface area contributed by atoms with E-state index >= 15 is 0 Å². The van der Waals surface area contributed by atoms with Crippen molar-refractivity contribution in [2.45, 2.75) is 36.6 Å². The lowest BCUT2D eigenvalue weighted by molar-refractivity contribution is -0.116. The molecule has 3 rings (SSSR count). The second kappa shape index (κ2) is 12.1. The van der Waals surface area contributed by atoms with Crippen molar-refractivity contribution >= 4 is 22.0 Å². The quantitative estimate of drug-likeness (QED) is 0.548. The monoisotopic (exact) mass is 485 g/mol.